The SMILES string of the molecule is CCCCCCC[CH2][Zn]([CH3])[CH3].Cl. The molecule has 0 rings (SSSR count). The van der Waals surface area contributed by atoms with Crippen LogP contribution >= 0.6 is 12.4 Å². The summed E-state index contributed by atoms with van der Waals surface area (Å²) in [6, 6.07) is 0. The molecule has 0 aliphatic heterocycles. The summed E-state index contributed by atoms with van der Waals surface area (Å²) in [4.78, 5) is 0. The Morgan fingerprint density at radius 2 is 1.33 bits per heavy atom. The molecule has 0 aromatic heterocycles. The van der Waals surface area contributed by atoms with Crippen molar-refractivity contribution in [2.75, 3.05) is 0 Å². The summed E-state index contributed by atoms with van der Waals surface area (Å²) in [6.07, 6.45) is 8.84. The molecule has 0 aliphatic carbocycles. The Balaban J connectivity index is 0. The monoisotopic (exact) mass is 243 g/mol. The smallest absolute Gasteiger partial charge is 0.147 e. The predicted octanol–water partition coefficient (Wildman–Crippen LogP) is 4.90. The van der Waals surface area contributed by atoms with Gasteiger partial charge in [-0.05, 0) is 0 Å². The molecule has 0 heterocycles. The fraction of sp³-hybridized carbons (Fsp3) is 1.00. The first-order valence-electron chi connectivity index (χ1n) is 5.62. The minimum atomic E-state index is -0.796. The van der Waals surface area contributed by atoms with E-state index in [1.54, 1.807) is 5.02 Å². The fourth-order valence-corrected chi connectivity index (χ4v) is 4.30. The van der Waals surface area contributed by atoms with Gasteiger partial charge in [0.1, 0.15) is 0 Å². The molecule has 0 fully saturated rings. The van der Waals surface area contributed by atoms with Crippen molar-refractivity contribution >= 4 is 12.4 Å². The first-order valence-corrected chi connectivity index (χ1v) is 13.7. The van der Waals surface area contributed by atoms with Crippen LogP contribution < -0.4 is 0 Å². The van der Waals surface area contributed by atoms with E-state index >= 15 is 0 Å². The van der Waals surface area contributed by atoms with E-state index in [2.05, 4.69) is 18.0 Å². The third-order valence-corrected chi connectivity index (χ3v) is 6.33. The topological polar surface area (TPSA) is 0 Å². The largest absolute Gasteiger partial charge is 0.147 e. The van der Waals surface area contributed by atoms with Crippen molar-refractivity contribution in [1.82, 2.24) is 0 Å². The maximum Gasteiger partial charge on any atom is -0.147 e. The van der Waals surface area contributed by atoms with Gasteiger partial charge >= 0.3 is 77.5 Å². The summed E-state index contributed by atoms with van der Waals surface area (Å²) in [5, 5.41) is 1.63. The van der Waals surface area contributed by atoms with E-state index < -0.39 is 16.0 Å². The molecule has 12 heavy (non-hydrogen) atoms. The quantitative estimate of drug-likeness (QED) is 0.442. The summed E-state index contributed by atoms with van der Waals surface area (Å²) < 4.78 is 0. The molecule has 73 valence electrons. The van der Waals surface area contributed by atoms with Gasteiger partial charge in [0.25, 0.3) is 0 Å². The van der Waals surface area contributed by atoms with Crippen LogP contribution in [0.15, 0.2) is 0 Å². The Morgan fingerprint density at radius 3 is 1.83 bits per heavy atom. The van der Waals surface area contributed by atoms with Crippen LogP contribution in [0.1, 0.15) is 45.4 Å². The molecular formula is C10H24ClZn. The molecule has 0 spiro atoms. The summed E-state index contributed by atoms with van der Waals surface area (Å²) in [7, 11) is 0. The maximum atomic E-state index is 2.52. The van der Waals surface area contributed by atoms with Gasteiger partial charge in [-0.25, -0.2) is 0 Å². The molecule has 0 aromatic rings. The van der Waals surface area contributed by atoms with E-state index in [1.165, 1.54) is 38.5 Å². The zero-order valence-electron chi connectivity index (χ0n) is 9.07. The van der Waals surface area contributed by atoms with Crippen LogP contribution in [0, 0.1) is 0 Å². The standard InChI is InChI=1S/C8H17.2CH3.ClH.Zn/c1-3-5-7-8-6-4-2;;;;/h1,3-8H2,2H3;2*1H3;1H;. The van der Waals surface area contributed by atoms with Gasteiger partial charge in [-0.2, -0.15) is 0 Å². The predicted molar refractivity (Wildman–Crippen MR) is 57.2 cm³/mol. The summed E-state index contributed by atoms with van der Waals surface area (Å²) in [6.45, 7) is 2.28. The van der Waals surface area contributed by atoms with Gasteiger partial charge in [0.2, 0.25) is 0 Å². The molecule has 2 heteroatoms. The fourth-order valence-electron chi connectivity index (χ4n) is 1.46. The minimum Gasteiger partial charge on any atom is -0.147 e. The van der Waals surface area contributed by atoms with E-state index in [0.29, 0.717) is 0 Å². The molecule has 0 saturated carbocycles. The Kier molecular flexibility index (Phi) is 15.3. The molecule has 0 atom stereocenters. The average molecular weight is 245 g/mol. The van der Waals surface area contributed by atoms with Crippen LogP contribution in [0.25, 0.3) is 0 Å². The van der Waals surface area contributed by atoms with Crippen molar-refractivity contribution in [3.8, 4) is 0 Å². The number of hydrogen-bond donors (Lipinski definition) is 0. The first kappa shape index (κ1) is 15.4. The average Bonchev–Trinajstić information content (AvgIpc) is 1.96. The molecule has 0 aliphatic rings. The molecule has 0 amide bonds. The van der Waals surface area contributed by atoms with Crippen LogP contribution in [0.5, 0.6) is 0 Å². The summed E-state index contributed by atoms with van der Waals surface area (Å²) >= 11 is -0.796. The van der Waals surface area contributed by atoms with Gasteiger partial charge in [-0.3, -0.25) is 0 Å². The van der Waals surface area contributed by atoms with Crippen LogP contribution in [0.3, 0.4) is 0 Å². The van der Waals surface area contributed by atoms with Crippen molar-refractivity contribution in [2.45, 2.75) is 61.5 Å². The maximum absolute atomic E-state index is 2.52. The van der Waals surface area contributed by atoms with Crippen molar-refractivity contribution in [3.05, 3.63) is 0 Å². The van der Waals surface area contributed by atoms with Gasteiger partial charge in [-0.15, -0.1) is 12.4 Å². The normalized spacial score (nSPS) is 9.25. The molecule has 0 saturated heterocycles. The van der Waals surface area contributed by atoms with Crippen molar-refractivity contribution in [2.24, 2.45) is 0 Å². The minimum absolute atomic E-state index is 0. The van der Waals surface area contributed by atoms with Gasteiger partial charge in [0.05, 0.1) is 0 Å². The summed E-state index contributed by atoms with van der Waals surface area (Å²) in [5.41, 5.74) is 5.04. The van der Waals surface area contributed by atoms with E-state index in [0.717, 1.165) is 0 Å². The molecule has 0 nitrogen and oxygen atoms in total. The number of halogens is 1. The molecule has 0 bridgehead atoms. The Morgan fingerprint density at radius 1 is 0.833 bits per heavy atom. The Bertz CT molecular complexity index is 74.2. The van der Waals surface area contributed by atoms with Gasteiger partial charge in [-0.1, -0.05) is 0 Å². The van der Waals surface area contributed by atoms with Crippen LogP contribution in [-0.2, 0) is 16.0 Å². The second-order valence-corrected chi connectivity index (χ2v) is 13.0. The second kappa shape index (κ2) is 11.9. The van der Waals surface area contributed by atoms with E-state index in [4.69, 9.17) is 0 Å². The Hall–Kier alpha value is 0.913. The number of hydrogen-bond acceptors (Lipinski definition) is 0. The van der Waals surface area contributed by atoms with Crippen LogP contribution in [0.4, 0.5) is 0 Å². The van der Waals surface area contributed by atoms with Crippen molar-refractivity contribution in [3.63, 3.8) is 0 Å². The van der Waals surface area contributed by atoms with Crippen molar-refractivity contribution in [1.29, 1.82) is 0 Å². The second-order valence-electron chi connectivity index (χ2n) is 4.33. The third kappa shape index (κ3) is 13.5. The van der Waals surface area contributed by atoms with Crippen LogP contribution in [-0.4, -0.2) is 0 Å². The van der Waals surface area contributed by atoms with Crippen LogP contribution in [0.2, 0.25) is 16.1 Å². The van der Waals surface area contributed by atoms with Crippen molar-refractivity contribution < 1.29 is 16.0 Å². The van der Waals surface area contributed by atoms with E-state index in [-0.39, 0.29) is 12.4 Å². The van der Waals surface area contributed by atoms with Gasteiger partial charge in [0.15, 0.2) is 0 Å². The molecule has 0 radical (unpaired) electrons. The Labute approximate surface area is 89.8 Å². The molecule has 0 N–H and O–H groups in total. The summed E-state index contributed by atoms with van der Waals surface area (Å²) in [5.74, 6) is 0. The van der Waals surface area contributed by atoms with E-state index in [9.17, 15) is 0 Å². The zero-order valence-corrected chi connectivity index (χ0v) is 12.8. The zero-order chi connectivity index (χ0) is 8.53. The molecule has 0 unspecified atom stereocenters. The first-order chi connectivity index (χ1) is 5.27. The van der Waals surface area contributed by atoms with Gasteiger partial charge < -0.3 is 0 Å². The third-order valence-electron chi connectivity index (χ3n) is 2.31. The van der Waals surface area contributed by atoms with Gasteiger partial charge in [0, 0.05) is 0 Å². The molecule has 0 aromatic carbocycles. The number of unbranched alkanes of at least 4 members (excludes halogenated alkanes) is 5. The van der Waals surface area contributed by atoms with E-state index in [1.807, 2.05) is 0 Å². The molecular weight excluding hydrogens is 221 g/mol. The number of rotatable bonds is 7.